The van der Waals surface area contributed by atoms with Crippen LogP contribution in [0.4, 0.5) is 10.6 Å². The van der Waals surface area contributed by atoms with Gasteiger partial charge in [-0.25, -0.2) is 9.48 Å². The maximum Gasteiger partial charge on any atom is 0.407 e. The Bertz CT molecular complexity index is 782. The Labute approximate surface area is 150 Å². The van der Waals surface area contributed by atoms with Crippen LogP contribution in [0.5, 0.6) is 0 Å². The fraction of sp³-hybridized carbons (Fsp3) is 0.562. The lowest BCUT2D eigenvalue weighted by Gasteiger charge is -2.14. The number of hydrogen-bond donors (Lipinski definition) is 3. The summed E-state index contributed by atoms with van der Waals surface area (Å²) in [5, 5.41) is 20.0. The Morgan fingerprint density at radius 1 is 1.38 bits per heavy atom. The molecular weight excluding hydrogens is 338 g/mol. The van der Waals surface area contributed by atoms with Gasteiger partial charge in [0.05, 0.1) is 6.20 Å². The molecule has 2 aromatic heterocycles. The number of nitrogens with zero attached hydrogens (tertiary/aromatic N) is 4. The first kappa shape index (κ1) is 17.9. The summed E-state index contributed by atoms with van der Waals surface area (Å²) < 4.78 is 6.83. The van der Waals surface area contributed by atoms with Gasteiger partial charge in [-0.15, -0.1) is 5.10 Å². The monoisotopic (exact) mass is 361 g/mol. The second kappa shape index (κ2) is 7.54. The lowest BCUT2D eigenvalue weighted by atomic mass is 10.0. The van der Waals surface area contributed by atoms with E-state index in [0.29, 0.717) is 11.5 Å². The van der Waals surface area contributed by atoms with E-state index in [2.05, 4.69) is 31.1 Å². The van der Waals surface area contributed by atoms with Gasteiger partial charge in [-0.2, -0.15) is 5.10 Å². The predicted octanol–water partition coefficient (Wildman–Crippen LogP) is 1.56. The summed E-state index contributed by atoms with van der Waals surface area (Å²) in [6.45, 7) is 3.78. The normalized spacial score (nSPS) is 19.5. The number of ether oxygens (including phenoxy) is 1. The molecule has 10 heteroatoms. The third-order valence-corrected chi connectivity index (χ3v) is 4.29. The minimum atomic E-state index is -0.381. The zero-order valence-electron chi connectivity index (χ0n) is 15.0. The van der Waals surface area contributed by atoms with Crippen molar-refractivity contribution in [2.45, 2.75) is 51.2 Å². The molecule has 0 aliphatic heterocycles. The van der Waals surface area contributed by atoms with E-state index in [4.69, 9.17) is 4.74 Å². The first-order valence-corrected chi connectivity index (χ1v) is 8.61. The van der Waals surface area contributed by atoms with Crippen LogP contribution in [0.3, 0.4) is 0 Å². The molecule has 3 rings (SSSR count). The lowest BCUT2D eigenvalue weighted by molar-refractivity contribution is 0.0979. The second-order valence-corrected chi connectivity index (χ2v) is 6.74. The van der Waals surface area contributed by atoms with Crippen molar-refractivity contribution >= 4 is 17.8 Å². The first-order chi connectivity index (χ1) is 12.4. The average molecular weight is 361 g/mol. The van der Waals surface area contributed by atoms with Gasteiger partial charge < -0.3 is 15.4 Å². The standard InChI is InChI=1S/C16H23N7O3/c1-9(2)18-16(25)26-11-5-4-10(6-11)12-7-14(21-20-12)19-15(24)13-8-17-22-23(13)3/h7-11H,4-6H2,1-3H3,(H,18,25)(H2,19,20,21,24). The number of hydrogen-bond acceptors (Lipinski definition) is 6. The van der Waals surface area contributed by atoms with Crippen LogP contribution in [0.25, 0.3) is 0 Å². The number of rotatable bonds is 5. The Morgan fingerprint density at radius 2 is 2.19 bits per heavy atom. The van der Waals surface area contributed by atoms with Gasteiger partial charge in [0.2, 0.25) is 0 Å². The van der Waals surface area contributed by atoms with Crippen LogP contribution < -0.4 is 10.6 Å². The maximum atomic E-state index is 12.2. The van der Waals surface area contributed by atoms with E-state index in [1.165, 1.54) is 10.9 Å². The molecule has 2 heterocycles. The fourth-order valence-corrected chi connectivity index (χ4v) is 3.04. The number of aromatic nitrogens is 5. The molecule has 0 aromatic carbocycles. The third-order valence-electron chi connectivity index (χ3n) is 4.29. The molecule has 1 fully saturated rings. The number of anilines is 1. The average Bonchev–Trinajstić information content (AvgIpc) is 3.27. The van der Waals surface area contributed by atoms with Crippen molar-refractivity contribution in [1.82, 2.24) is 30.5 Å². The van der Waals surface area contributed by atoms with Gasteiger partial charge in [0.15, 0.2) is 5.82 Å². The van der Waals surface area contributed by atoms with Gasteiger partial charge in [0, 0.05) is 30.8 Å². The molecule has 10 nitrogen and oxygen atoms in total. The van der Waals surface area contributed by atoms with Crippen molar-refractivity contribution in [3.63, 3.8) is 0 Å². The molecular formula is C16H23N7O3. The summed E-state index contributed by atoms with van der Waals surface area (Å²) in [5.41, 5.74) is 1.26. The van der Waals surface area contributed by atoms with E-state index in [1.54, 1.807) is 7.05 Å². The van der Waals surface area contributed by atoms with Crippen LogP contribution in [0.1, 0.15) is 55.2 Å². The van der Waals surface area contributed by atoms with Gasteiger partial charge in [0.25, 0.3) is 5.91 Å². The molecule has 2 aromatic rings. The summed E-state index contributed by atoms with van der Waals surface area (Å²) in [6, 6.07) is 1.86. The molecule has 1 aliphatic rings. The van der Waals surface area contributed by atoms with Crippen LogP contribution in [0, 0.1) is 0 Å². The highest BCUT2D eigenvalue weighted by molar-refractivity contribution is 6.02. The van der Waals surface area contributed by atoms with E-state index >= 15 is 0 Å². The van der Waals surface area contributed by atoms with E-state index in [0.717, 1.165) is 25.0 Å². The molecule has 0 spiro atoms. The van der Waals surface area contributed by atoms with Crippen LogP contribution in [0.15, 0.2) is 12.3 Å². The molecule has 1 aliphatic carbocycles. The molecule has 2 amide bonds. The third kappa shape index (κ3) is 4.19. The van der Waals surface area contributed by atoms with E-state index in [9.17, 15) is 9.59 Å². The lowest BCUT2D eigenvalue weighted by Crippen LogP contribution is -2.33. The second-order valence-electron chi connectivity index (χ2n) is 6.74. The largest absolute Gasteiger partial charge is 0.446 e. The number of carbonyl (C=O) groups is 2. The Hall–Kier alpha value is -2.91. The molecule has 1 saturated carbocycles. The number of H-pyrrole nitrogens is 1. The molecule has 0 radical (unpaired) electrons. The summed E-state index contributed by atoms with van der Waals surface area (Å²) in [6.07, 6.45) is 3.32. The number of alkyl carbamates (subject to hydrolysis) is 1. The van der Waals surface area contributed by atoms with Gasteiger partial charge in [-0.3, -0.25) is 9.89 Å². The molecule has 0 saturated heterocycles. The molecule has 140 valence electrons. The van der Waals surface area contributed by atoms with Gasteiger partial charge in [-0.1, -0.05) is 5.21 Å². The number of amides is 2. The highest BCUT2D eigenvalue weighted by atomic mass is 16.6. The number of carbonyl (C=O) groups excluding carboxylic acids is 2. The number of nitrogens with one attached hydrogen (secondary N) is 3. The van der Waals surface area contributed by atoms with Crippen molar-refractivity contribution in [2.75, 3.05) is 5.32 Å². The predicted molar refractivity (Wildman–Crippen MR) is 92.7 cm³/mol. The van der Waals surface area contributed by atoms with Crippen LogP contribution in [-0.4, -0.2) is 49.3 Å². The highest BCUT2D eigenvalue weighted by Gasteiger charge is 2.30. The van der Waals surface area contributed by atoms with Crippen molar-refractivity contribution in [3.8, 4) is 0 Å². The summed E-state index contributed by atoms with van der Waals surface area (Å²) in [5.74, 6) is 0.324. The minimum Gasteiger partial charge on any atom is -0.446 e. The number of aryl methyl sites for hydroxylation is 1. The Balaban J connectivity index is 1.54. The number of aromatic amines is 1. The zero-order chi connectivity index (χ0) is 18.7. The molecule has 26 heavy (non-hydrogen) atoms. The van der Waals surface area contributed by atoms with E-state index in [1.807, 2.05) is 19.9 Å². The van der Waals surface area contributed by atoms with Gasteiger partial charge in [0.1, 0.15) is 11.8 Å². The Kier molecular flexibility index (Phi) is 5.19. The minimum absolute atomic E-state index is 0.0492. The van der Waals surface area contributed by atoms with Crippen LogP contribution in [-0.2, 0) is 11.8 Å². The SMILES string of the molecule is CC(C)NC(=O)OC1CCC(c2cc(NC(=O)c3cnnn3C)n[nH]2)C1. The topological polar surface area (TPSA) is 127 Å². The summed E-state index contributed by atoms with van der Waals surface area (Å²) >= 11 is 0. The molecule has 2 unspecified atom stereocenters. The summed E-state index contributed by atoms with van der Waals surface area (Å²) in [4.78, 5) is 23.9. The van der Waals surface area contributed by atoms with Gasteiger partial charge in [-0.05, 0) is 33.1 Å². The van der Waals surface area contributed by atoms with Crippen LogP contribution in [0.2, 0.25) is 0 Å². The van der Waals surface area contributed by atoms with Crippen LogP contribution >= 0.6 is 0 Å². The van der Waals surface area contributed by atoms with Crippen molar-refractivity contribution in [2.24, 2.45) is 7.05 Å². The highest BCUT2D eigenvalue weighted by Crippen LogP contribution is 2.35. The smallest absolute Gasteiger partial charge is 0.407 e. The van der Waals surface area contributed by atoms with Crippen molar-refractivity contribution < 1.29 is 14.3 Å². The maximum absolute atomic E-state index is 12.2. The fourth-order valence-electron chi connectivity index (χ4n) is 3.04. The van der Waals surface area contributed by atoms with Gasteiger partial charge >= 0.3 is 6.09 Å². The quantitative estimate of drug-likeness (QED) is 0.742. The van der Waals surface area contributed by atoms with E-state index in [-0.39, 0.29) is 30.1 Å². The zero-order valence-corrected chi connectivity index (χ0v) is 15.0. The molecule has 2 atom stereocenters. The molecule has 0 bridgehead atoms. The Morgan fingerprint density at radius 3 is 2.88 bits per heavy atom. The molecule has 3 N–H and O–H groups in total. The summed E-state index contributed by atoms with van der Waals surface area (Å²) in [7, 11) is 1.64. The van der Waals surface area contributed by atoms with E-state index < -0.39 is 0 Å². The van der Waals surface area contributed by atoms with Crippen molar-refractivity contribution in [3.05, 3.63) is 23.7 Å². The first-order valence-electron chi connectivity index (χ1n) is 8.61. The van der Waals surface area contributed by atoms with Crippen molar-refractivity contribution in [1.29, 1.82) is 0 Å².